The van der Waals surface area contributed by atoms with Crippen molar-refractivity contribution in [2.75, 3.05) is 19.0 Å². The highest BCUT2D eigenvalue weighted by Crippen LogP contribution is 2.35. The number of carboxylic acids is 1. The molecule has 4 aromatic carbocycles. The van der Waals surface area contributed by atoms with Crippen molar-refractivity contribution in [1.82, 2.24) is 14.9 Å². The van der Waals surface area contributed by atoms with Gasteiger partial charge < -0.3 is 25.0 Å². The Labute approximate surface area is 267 Å². The number of ether oxygens (including phenoxy) is 1. The lowest BCUT2D eigenvalue weighted by molar-refractivity contribution is -0.139. The van der Waals surface area contributed by atoms with Crippen LogP contribution in [0.4, 0.5) is 18.9 Å². The van der Waals surface area contributed by atoms with Gasteiger partial charge in [-0.25, -0.2) is 4.98 Å². The van der Waals surface area contributed by atoms with Gasteiger partial charge in [0.05, 0.1) is 23.6 Å². The molecule has 0 aliphatic carbocycles. The van der Waals surface area contributed by atoms with E-state index in [2.05, 4.69) is 21.9 Å². The van der Waals surface area contributed by atoms with Gasteiger partial charge >= 0.3 is 12.1 Å². The number of aromatic nitrogens is 2. The zero-order chi connectivity index (χ0) is 33.7. The number of carbonyl (C=O) groups excluding carboxylic acids is 1. The summed E-state index contributed by atoms with van der Waals surface area (Å²) in [7, 11) is 1.29. The van der Waals surface area contributed by atoms with Crippen LogP contribution in [-0.4, -0.2) is 45.5 Å². The van der Waals surface area contributed by atoms with Crippen molar-refractivity contribution in [3.8, 4) is 17.1 Å². The number of hydrogen-bond acceptors (Lipinski definition) is 6. The third kappa shape index (κ3) is 7.85. The van der Waals surface area contributed by atoms with Crippen molar-refractivity contribution in [3.05, 3.63) is 136 Å². The van der Waals surface area contributed by atoms with E-state index in [0.717, 1.165) is 16.5 Å². The normalized spacial score (nSPS) is 11.2. The number of allylic oxidation sites excluding steroid dienone is 1. The summed E-state index contributed by atoms with van der Waals surface area (Å²) < 4.78 is 45.8. The second kappa shape index (κ2) is 13.6. The first-order chi connectivity index (χ1) is 22.4. The van der Waals surface area contributed by atoms with E-state index < -0.39 is 30.2 Å². The summed E-state index contributed by atoms with van der Waals surface area (Å²) in [5, 5.41) is 12.8. The molecule has 3 N–H and O–H groups in total. The Balaban J connectivity index is 1.30. The van der Waals surface area contributed by atoms with Crippen molar-refractivity contribution < 1.29 is 32.6 Å². The van der Waals surface area contributed by atoms with Gasteiger partial charge in [0.1, 0.15) is 18.1 Å². The molecule has 0 fully saturated rings. The van der Waals surface area contributed by atoms with Crippen molar-refractivity contribution in [1.29, 1.82) is 0 Å². The highest BCUT2D eigenvalue weighted by molar-refractivity contribution is 5.96. The molecule has 1 aromatic heterocycles. The maximum absolute atomic E-state index is 13.6. The molecule has 0 saturated carbocycles. The molecule has 5 aromatic rings. The lowest BCUT2D eigenvalue weighted by Crippen LogP contribution is -2.35. The highest BCUT2D eigenvalue weighted by Gasteiger charge is 2.34. The molecule has 12 heteroatoms. The van der Waals surface area contributed by atoms with Gasteiger partial charge in [-0.2, -0.15) is 13.2 Å². The number of aromatic amines is 1. The Morgan fingerprint density at radius 3 is 2.38 bits per heavy atom. The zero-order valence-electron chi connectivity index (χ0n) is 25.1. The second-order valence-electron chi connectivity index (χ2n) is 10.7. The molecular formula is C35H29F3N4O5. The average molecular weight is 643 g/mol. The predicted molar refractivity (Wildman–Crippen MR) is 171 cm³/mol. The Morgan fingerprint density at radius 1 is 1.00 bits per heavy atom. The molecule has 0 spiro atoms. The van der Waals surface area contributed by atoms with E-state index in [-0.39, 0.29) is 46.5 Å². The number of carbonyl (C=O) groups is 2. The first-order valence-electron chi connectivity index (χ1n) is 14.3. The zero-order valence-corrected chi connectivity index (χ0v) is 25.1. The number of H-pyrrole nitrogens is 1. The number of nitrogens with zero attached hydrogens (tertiary/aromatic N) is 2. The van der Waals surface area contributed by atoms with Crippen LogP contribution in [0.3, 0.4) is 0 Å². The van der Waals surface area contributed by atoms with Crippen LogP contribution in [0, 0.1) is 0 Å². The van der Waals surface area contributed by atoms with Crippen LogP contribution in [0.1, 0.15) is 27.0 Å². The number of rotatable bonds is 11. The molecule has 0 radical (unpaired) electrons. The predicted octanol–water partition coefficient (Wildman–Crippen LogP) is 6.51. The van der Waals surface area contributed by atoms with Gasteiger partial charge in [0, 0.05) is 35.5 Å². The molecule has 0 atom stereocenters. The molecule has 0 unspecified atom stereocenters. The van der Waals surface area contributed by atoms with Crippen LogP contribution in [0.5, 0.6) is 5.75 Å². The first kappa shape index (κ1) is 32.5. The van der Waals surface area contributed by atoms with E-state index in [1.54, 1.807) is 30.3 Å². The van der Waals surface area contributed by atoms with Gasteiger partial charge in [-0.3, -0.25) is 14.4 Å². The number of carboxylic acid groups (broad SMARTS) is 1. The van der Waals surface area contributed by atoms with Crippen molar-refractivity contribution in [3.63, 3.8) is 0 Å². The standard InChI is InChI=1S/C35H29F3N4O5/c1-21(16-25-11-14-27(47-2)18-29(25)35(36,37)38)39-26-12-9-24(10-13-26)34(46)42(20-31(43)44)19-22-8-15-30-28(17-22)33(45)41-32(40-30)23-6-4-3-5-7-23/h3-15,17-18,39H,1,16,19-20H2,2H3,(H,43,44)(H,40,41,45). The van der Waals surface area contributed by atoms with E-state index >= 15 is 0 Å². The van der Waals surface area contributed by atoms with Gasteiger partial charge in [-0.1, -0.05) is 49.0 Å². The van der Waals surface area contributed by atoms with Crippen LogP contribution < -0.4 is 15.6 Å². The van der Waals surface area contributed by atoms with E-state index in [0.29, 0.717) is 22.6 Å². The number of amides is 1. The minimum atomic E-state index is -4.58. The van der Waals surface area contributed by atoms with Crippen molar-refractivity contribution >= 4 is 28.5 Å². The molecule has 5 rings (SSSR count). The Bertz CT molecular complexity index is 2010. The molecule has 0 aliphatic rings. The fraction of sp³-hybridized carbons (Fsp3) is 0.143. The van der Waals surface area contributed by atoms with Crippen LogP contribution in [-0.2, 0) is 23.9 Å². The number of anilines is 1. The SMILES string of the molecule is C=C(Cc1ccc(OC)cc1C(F)(F)F)Nc1ccc(C(=O)N(CC(=O)O)Cc2ccc3nc(-c4ccccc4)[nH]c(=O)c3c2)cc1. The third-order valence-corrected chi connectivity index (χ3v) is 7.28. The number of aliphatic carboxylic acids is 1. The summed E-state index contributed by atoms with van der Waals surface area (Å²) in [6.07, 6.45) is -4.71. The number of alkyl halides is 3. The van der Waals surface area contributed by atoms with Crippen LogP contribution in [0.15, 0.2) is 108 Å². The van der Waals surface area contributed by atoms with E-state index in [1.807, 2.05) is 30.3 Å². The lowest BCUT2D eigenvalue weighted by atomic mass is 10.0. The largest absolute Gasteiger partial charge is 0.497 e. The summed E-state index contributed by atoms with van der Waals surface area (Å²) >= 11 is 0. The molecule has 240 valence electrons. The van der Waals surface area contributed by atoms with Crippen LogP contribution in [0.2, 0.25) is 0 Å². The van der Waals surface area contributed by atoms with Gasteiger partial charge in [0.15, 0.2) is 0 Å². The van der Waals surface area contributed by atoms with Crippen LogP contribution >= 0.6 is 0 Å². The monoisotopic (exact) mass is 642 g/mol. The summed E-state index contributed by atoms with van der Waals surface area (Å²) in [4.78, 5) is 46.4. The third-order valence-electron chi connectivity index (χ3n) is 7.28. The Morgan fingerprint density at radius 2 is 1.72 bits per heavy atom. The van der Waals surface area contributed by atoms with Gasteiger partial charge in [0.2, 0.25) is 0 Å². The molecule has 1 heterocycles. The molecular weight excluding hydrogens is 613 g/mol. The van der Waals surface area contributed by atoms with E-state index in [1.165, 1.54) is 31.4 Å². The number of halogens is 3. The van der Waals surface area contributed by atoms with Crippen LogP contribution in [0.25, 0.3) is 22.3 Å². The number of methoxy groups -OCH3 is 1. The number of nitrogens with one attached hydrogen (secondary N) is 2. The smallest absolute Gasteiger partial charge is 0.416 e. The van der Waals surface area contributed by atoms with E-state index in [9.17, 15) is 32.7 Å². The topological polar surface area (TPSA) is 125 Å². The summed E-state index contributed by atoms with van der Waals surface area (Å²) in [5.41, 5.74) is 1.45. The molecule has 0 bridgehead atoms. The summed E-state index contributed by atoms with van der Waals surface area (Å²) in [6, 6.07) is 23.8. The number of benzene rings is 4. The highest BCUT2D eigenvalue weighted by atomic mass is 19.4. The van der Waals surface area contributed by atoms with Gasteiger partial charge in [0.25, 0.3) is 11.5 Å². The fourth-order valence-corrected chi connectivity index (χ4v) is 5.06. The quantitative estimate of drug-likeness (QED) is 0.150. The second-order valence-corrected chi connectivity index (χ2v) is 10.7. The molecule has 1 amide bonds. The first-order valence-corrected chi connectivity index (χ1v) is 14.3. The number of hydrogen-bond donors (Lipinski definition) is 3. The minimum Gasteiger partial charge on any atom is -0.497 e. The maximum Gasteiger partial charge on any atom is 0.416 e. The summed E-state index contributed by atoms with van der Waals surface area (Å²) in [5.74, 6) is -1.30. The molecule has 47 heavy (non-hydrogen) atoms. The molecule has 0 saturated heterocycles. The number of fused-ring (bicyclic) bond motifs is 1. The van der Waals surface area contributed by atoms with E-state index in [4.69, 9.17) is 4.74 Å². The average Bonchev–Trinajstić information content (AvgIpc) is 3.04. The Kier molecular flexibility index (Phi) is 9.41. The fourth-order valence-electron chi connectivity index (χ4n) is 5.06. The lowest BCUT2D eigenvalue weighted by Gasteiger charge is -2.21. The molecule has 0 aliphatic heterocycles. The maximum atomic E-state index is 13.6. The van der Waals surface area contributed by atoms with Crippen molar-refractivity contribution in [2.24, 2.45) is 0 Å². The van der Waals surface area contributed by atoms with Gasteiger partial charge in [-0.05, 0) is 59.7 Å². The van der Waals surface area contributed by atoms with Crippen molar-refractivity contribution in [2.45, 2.75) is 19.1 Å². The summed E-state index contributed by atoms with van der Waals surface area (Å²) in [6.45, 7) is 3.15. The Hall–Kier alpha value is -5.91. The molecule has 9 nitrogen and oxygen atoms in total. The van der Waals surface area contributed by atoms with Gasteiger partial charge in [-0.15, -0.1) is 0 Å². The minimum absolute atomic E-state index is 0.00927.